The molecule has 128 valence electrons. The molecule has 0 aliphatic carbocycles. The average Bonchev–Trinajstić information content (AvgIpc) is 2.35. The molecular weight excluding hydrogens is 298 g/mol. The van der Waals surface area contributed by atoms with E-state index in [1.165, 1.54) is 0 Å². The summed E-state index contributed by atoms with van der Waals surface area (Å²) in [5, 5.41) is 37.4. The summed E-state index contributed by atoms with van der Waals surface area (Å²) in [6.45, 7) is 1.99. The number of carboxylic acids is 2. The lowest BCUT2D eigenvalue weighted by atomic mass is 9.95. The third kappa shape index (κ3) is 4.89. The van der Waals surface area contributed by atoms with Crippen LogP contribution in [0.5, 0.6) is 0 Å². The van der Waals surface area contributed by atoms with E-state index in [1.54, 1.807) is 21.0 Å². The molecule has 0 bridgehead atoms. The maximum Gasteiger partial charge on any atom is 0.359 e. The van der Waals surface area contributed by atoms with Crippen molar-refractivity contribution in [1.82, 2.24) is 0 Å². The van der Waals surface area contributed by atoms with Crippen LogP contribution in [0.3, 0.4) is 0 Å². The first-order valence-corrected chi connectivity index (χ1v) is 6.95. The van der Waals surface area contributed by atoms with Gasteiger partial charge in [-0.3, -0.25) is 0 Å². The quantitative estimate of drug-likeness (QED) is 0.400. The molecule has 0 radical (unpaired) electrons. The first kappa shape index (κ1) is 18.8. The van der Waals surface area contributed by atoms with Crippen LogP contribution >= 0.6 is 0 Å². The molecule has 9 nitrogen and oxygen atoms in total. The topological polar surface area (TPSA) is 134 Å². The second-order valence-electron chi connectivity index (χ2n) is 6.13. The Morgan fingerprint density at radius 1 is 1.18 bits per heavy atom. The van der Waals surface area contributed by atoms with Crippen LogP contribution in [0.1, 0.15) is 6.92 Å². The van der Waals surface area contributed by atoms with Gasteiger partial charge in [-0.25, -0.2) is 9.59 Å². The predicted molar refractivity (Wildman–Crippen MR) is 73.2 cm³/mol. The fourth-order valence-corrected chi connectivity index (χ4v) is 2.36. The van der Waals surface area contributed by atoms with Gasteiger partial charge < -0.3 is 34.4 Å². The Bertz CT molecular complexity index is 413. The Labute approximate surface area is 128 Å². The minimum atomic E-state index is -1.58. The fraction of sp³-hybridized carbons (Fsp3) is 0.846. The van der Waals surface area contributed by atoms with Crippen LogP contribution in [0.4, 0.5) is 0 Å². The summed E-state index contributed by atoms with van der Waals surface area (Å²) in [6.07, 6.45) is -6.06. The second-order valence-corrected chi connectivity index (χ2v) is 6.13. The summed E-state index contributed by atoms with van der Waals surface area (Å²) in [6, 6.07) is 0. The zero-order valence-corrected chi connectivity index (χ0v) is 12.9. The van der Waals surface area contributed by atoms with Gasteiger partial charge in [-0.2, -0.15) is 0 Å². The van der Waals surface area contributed by atoms with Gasteiger partial charge in [-0.15, -0.1) is 0 Å². The molecule has 0 saturated carbocycles. The van der Waals surface area contributed by atoms with Gasteiger partial charge in [0.2, 0.25) is 0 Å². The molecule has 5 atom stereocenters. The normalized spacial score (nSPS) is 32.7. The number of hydrogen-bond donors (Lipinski definition) is 4. The summed E-state index contributed by atoms with van der Waals surface area (Å²) in [4.78, 5) is 21.6. The molecule has 4 N–H and O–H groups in total. The number of ether oxygens (including phenoxy) is 2. The predicted octanol–water partition coefficient (Wildman–Crippen LogP) is -1.87. The van der Waals surface area contributed by atoms with Crippen LogP contribution in [-0.4, -0.2) is 101 Å². The highest BCUT2D eigenvalue weighted by Gasteiger charge is 2.46. The number of nitrogens with zero attached hydrogens (tertiary/aromatic N) is 1. The summed E-state index contributed by atoms with van der Waals surface area (Å²) in [5.41, 5.74) is 0. The van der Waals surface area contributed by atoms with Crippen molar-refractivity contribution in [3.05, 3.63) is 0 Å². The van der Waals surface area contributed by atoms with Gasteiger partial charge in [0, 0.05) is 0 Å². The number of rotatable bonds is 7. The van der Waals surface area contributed by atoms with E-state index in [-0.39, 0.29) is 17.6 Å². The van der Waals surface area contributed by atoms with Crippen molar-refractivity contribution in [3.8, 4) is 0 Å². The van der Waals surface area contributed by atoms with Crippen molar-refractivity contribution in [3.63, 3.8) is 0 Å². The Kier molecular flexibility index (Phi) is 6.27. The molecule has 9 heteroatoms. The number of likely N-dealkylation sites (N-methyl/N-ethyl adjacent to an activating group) is 1. The maximum absolute atomic E-state index is 10.9. The number of carbonyl (C=O) groups is 2. The van der Waals surface area contributed by atoms with Gasteiger partial charge in [-0.1, -0.05) is 0 Å². The van der Waals surface area contributed by atoms with E-state index in [0.717, 1.165) is 0 Å². The van der Waals surface area contributed by atoms with E-state index in [9.17, 15) is 19.8 Å². The number of aliphatic hydroxyl groups excluding tert-OH is 2. The molecule has 0 spiro atoms. The summed E-state index contributed by atoms with van der Waals surface area (Å²) < 4.78 is 10.8. The molecule has 1 rings (SSSR count). The van der Waals surface area contributed by atoms with Crippen LogP contribution in [0.2, 0.25) is 0 Å². The van der Waals surface area contributed by atoms with E-state index < -0.39 is 42.5 Å². The third-order valence-corrected chi connectivity index (χ3v) is 3.63. The van der Waals surface area contributed by atoms with Crippen LogP contribution in [0, 0.1) is 0 Å². The highest BCUT2D eigenvalue weighted by Crippen LogP contribution is 2.23. The van der Waals surface area contributed by atoms with Crippen molar-refractivity contribution in [2.45, 2.75) is 37.4 Å². The minimum absolute atomic E-state index is 0.0770. The van der Waals surface area contributed by atoms with Gasteiger partial charge in [0.1, 0.15) is 24.9 Å². The van der Waals surface area contributed by atoms with E-state index in [2.05, 4.69) is 0 Å². The average molecular weight is 322 g/mol. The Hall–Kier alpha value is -1.26. The number of quaternary nitrogens is 1. The van der Waals surface area contributed by atoms with Crippen LogP contribution in [0.15, 0.2) is 0 Å². The first-order chi connectivity index (χ1) is 10.0. The first-order valence-electron chi connectivity index (χ1n) is 6.95. The van der Waals surface area contributed by atoms with E-state index >= 15 is 0 Å². The van der Waals surface area contributed by atoms with Crippen LogP contribution in [-0.2, 0) is 19.1 Å². The maximum atomic E-state index is 10.9. The summed E-state index contributed by atoms with van der Waals surface area (Å²) in [5.74, 6) is -2.28. The molecule has 1 heterocycles. The lowest BCUT2D eigenvalue weighted by Crippen LogP contribution is -2.60. The van der Waals surface area contributed by atoms with Gasteiger partial charge in [0.25, 0.3) is 0 Å². The number of aliphatic carboxylic acids is 2. The Morgan fingerprint density at radius 2 is 1.77 bits per heavy atom. The van der Waals surface area contributed by atoms with Gasteiger partial charge in [0.05, 0.1) is 26.8 Å². The SMILES string of the molecule is CC1OC(C(=O)O)[C@@H](O)[C@H](O)[C@H]1OCC[N+](C)(C)CC(=O)O. The van der Waals surface area contributed by atoms with Crippen LogP contribution < -0.4 is 0 Å². The zero-order chi connectivity index (χ0) is 17.1. The van der Waals surface area contributed by atoms with E-state index in [4.69, 9.17) is 19.7 Å². The molecule has 1 aliphatic rings. The molecule has 2 unspecified atom stereocenters. The number of carboxylic acid groups (broad SMARTS) is 2. The minimum Gasteiger partial charge on any atom is -0.479 e. The Balaban J connectivity index is 2.56. The van der Waals surface area contributed by atoms with Gasteiger partial charge in [-0.05, 0) is 6.92 Å². The van der Waals surface area contributed by atoms with Crippen molar-refractivity contribution in [1.29, 1.82) is 0 Å². The third-order valence-electron chi connectivity index (χ3n) is 3.63. The van der Waals surface area contributed by atoms with Gasteiger partial charge in [0.15, 0.2) is 12.6 Å². The van der Waals surface area contributed by atoms with Crippen molar-refractivity contribution in [2.75, 3.05) is 33.8 Å². The number of hydrogen-bond acceptors (Lipinski definition) is 6. The highest BCUT2D eigenvalue weighted by molar-refractivity contribution is 5.73. The monoisotopic (exact) mass is 322 g/mol. The molecule has 1 saturated heterocycles. The van der Waals surface area contributed by atoms with Crippen molar-refractivity contribution >= 4 is 11.9 Å². The zero-order valence-electron chi connectivity index (χ0n) is 12.9. The van der Waals surface area contributed by atoms with Gasteiger partial charge >= 0.3 is 11.9 Å². The molecule has 0 aromatic carbocycles. The number of aliphatic hydroxyl groups is 2. The fourth-order valence-electron chi connectivity index (χ4n) is 2.36. The largest absolute Gasteiger partial charge is 0.479 e. The van der Waals surface area contributed by atoms with E-state index in [1.807, 2.05) is 0 Å². The molecule has 0 aromatic heterocycles. The molecule has 1 fully saturated rings. The van der Waals surface area contributed by atoms with Crippen molar-refractivity contribution in [2.24, 2.45) is 0 Å². The summed E-state index contributed by atoms with van der Waals surface area (Å²) >= 11 is 0. The van der Waals surface area contributed by atoms with Crippen LogP contribution in [0.25, 0.3) is 0 Å². The Morgan fingerprint density at radius 3 is 2.27 bits per heavy atom. The molecular formula is C13H24NO8+. The summed E-state index contributed by atoms with van der Waals surface area (Å²) in [7, 11) is 3.45. The lowest BCUT2D eigenvalue weighted by molar-refractivity contribution is -0.883. The second kappa shape index (κ2) is 7.34. The lowest BCUT2D eigenvalue weighted by Gasteiger charge is -2.40. The van der Waals surface area contributed by atoms with Crippen molar-refractivity contribution < 1.29 is 44.0 Å². The smallest absolute Gasteiger partial charge is 0.359 e. The standard InChI is InChI=1S/C13H23NO8/c1-7-11(9(17)10(18)12(22-7)13(19)20)21-5-4-14(2,3)6-8(15)16/h7,9-12,17-18H,4-6H2,1-3H3,(H-,15,16,19,20)/p+1/t7?,9-,10-,11-,12?/m0/s1. The molecule has 22 heavy (non-hydrogen) atoms. The van der Waals surface area contributed by atoms with E-state index in [0.29, 0.717) is 6.54 Å². The molecule has 0 amide bonds. The highest BCUT2D eigenvalue weighted by atomic mass is 16.6. The molecule has 1 aliphatic heterocycles. The molecule has 0 aromatic rings.